The molecular formula is C13H20FNO. The summed E-state index contributed by atoms with van der Waals surface area (Å²) in [5.74, 6) is 0.0334. The van der Waals surface area contributed by atoms with Crippen LogP contribution in [0, 0.1) is 5.82 Å². The fourth-order valence-corrected chi connectivity index (χ4v) is 1.61. The second-order valence-corrected chi connectivity index (χ2v) is 3.72. The van der Waals surface area contributed by atoms with Crippen molar-refractivity contribution in [3.63, 3.8) is 0 Å². The first-order chi connectivity index (χ1) is 7.77. The quantitative estimate of drug-likeness (QED) is 0.770. The smallest absolute Gasteiger partial charge is 0.123 e. The predicted octanol–water partition coefficient (Wildman–Crippen LogP) is 2.56. The first kappa shape index (κ1) is 13.1. The van der Waals surface area contributed by atoms with Crippen molar-refractivity contribution in [2.45, 2.75) is 19.8 Å². The van der Waals surface area contributed by atoms with Crippen molar-refractivity contribution in [1.29, 1.82) is 0 Å². The van der Waals surface area contributed by atoms with Gasteiger partial charge in [0.25, 0.3) is 0 Å². The Balaban J connectivity index is 2.66. The minimum atomic E-state index is -0.185. The van der Waals surface area contributed by atoms with Crippen LogP contribution < -0.4 is 5.32 Å². The van der Waals surface area contributed by atoms with Crippen molar-refractivity contribution in [2.75, 3.05) is 26.3 Å². The van der Waals surface area contributed by atoms with E-state index >= 15 is 0 Å². The van der Waals surface area contributed by atoms with E-state index in [2.05, 4.69) is 12.2 Å². The van der Waals surface area contributed by atoms with Crippen LogP contribution in [0.4, 0.5) is 4.39 Å². The van der Waals surface area contributed by atoms with Crippen molar-refractivity contribution < 1.29 is 9.13 Å². The largest absolute Gasteiger partial charge is 0.381 e. The SMILES string of the molecule is CCNCC(COCC)c1cccc(F)c1. The summed E-state index contributed by atoms with van der Waals surface area (Å²) in [5, 5.41) is 3.27. The molecule has 0 spiro atoms. The number of benzene rings is 1. The van der Waals surface area contributed by atoms with E-state index in [4.69, 9.17) is 4.74 Å². The summed E-state index contributed by atoms with van der Waals surface area (Å²) >= 11 is 0. The average molecular weight is 225 g/mol. The molecule has 90 valence electrons. The molecule has 0 aromatic heterocycles. The highest BCUT2D eigenvalue weighted by Crippen LogP contribution is 2.16. The lowest BCUT2D eigenvalue weighted by Gasteiger charge is -2.17. The van der Waals surface area contributed by atoms with Crippen LogP contribution in [-0.4, -0.2) is 26.3 Å². The molecule has 0 heterocycles. The molecule has 1 atom stereocenters. The lowest BCUT2D eigenvalue weighted by molar-refractivity contribution is 0.131. The van der Waals surface area contributed by atoms with E-state index in [0.717, 1.165) is 18.7 Å². The predicted molar refractivity (Wildman–Crippen MR) is 64.2 cm³/mol. The van der Waals surface area contributed by atoms with Gasteiger partial charge in [-0.25, -0.2) is 4.39 Å². The Morgan fingerprint density at radius 3 is 2.81 bits per heavy atom. The van der Waals surface area contributed by atoms with Gasteiger partial charge in [0, 0.05) is 19.1 Å². The third-order valence-corrected chi connectivity index (χ3v) is 2.48. The second-order valence-electron chi connectivity index (χ2n) is 3.72. The lowest BCUT2D eigenvalue weighted by Crippen LogP contribution is -2.24. The van der Waals surface area contributed by atoms with Crippen molar-refractivity contribution in [1.82, 2.24) is 5.32 Å². The van der Waals surface area contributed by atoms with Crippen LogP contribution in [0.25, 0.3) is 0 Å². The van der Waals surface area contributed by atoms with E-state index in [0.29, 0.717) is 13.2 Å². The number of ether oxygens (including phenoxy) is 1. The summed E-state index contributed by atoms with van der Waals surface area (Å²) in [6.45, 7) is 7.09. The molecule has 0 radical (unpaired) electrons. The summed E-state index contributed by atoms with van der Waals surface area (Å²) in [5.41, 5.74) is 0.995. The highest BCUT2D eigenvalue weighted by Gasteiger charge is 2.11. The summed E-state index contributed by atoms with van der Waals surface area (Å²) in [7, 11) is 0. The number of hydrogen-bond acceptors (Lipinski definition) is 2. The normalized spacial score (nSPS) is 12.7. The number of halogens is 1. The molecule has 1 aromatic rings. The Labute approximate surface area is 96.8 Å². The number of hydrogen-bond donors (Lipinski definition) is 1. The third-order valence-electron chi connectivity index (χ3n) is 2.48. The van der Waals surface area contributed by atoms with Crippen LogP contribution >= 0.6 is 0 Å². The molecule has 0 aliphatic heterocycles. The highest BCUT2D eigenvalue weighted by molar-refractivity contribution is 5.21. The van der Waals surface area contributed by atoms with Crippen LogP contribution in [0.3, 0.4) is 0 Å². The molecule has 0 aliphatic carbocycles. The van der Waals surface area contributed by atoms with Crippen LogP contribution in [0.15, 0.2) is 24.3 Å². The Morgan fingerprint density at radius 2 is 2.19 bits per heavy atom. The topological polar surface area (TPSA) is 21.3 Å². The average Bonchev–Trinajstić information content (AvgIpc) is 2.29. The van der Waals surface area contributed by atoms with Gasteiger partial charge in [-0.15, -0.1) is 0 Å². The Morgan fingerprint density at radius 1 is 1.38 bits per heavy atom. The minimum absolute atomic E-state index is 0.185. The molecule has 2 nitrogen and oxygen atoms in total. The molecule has 3 heteroatoms. The van der Waals surface area contributed by atoms with Crippen LogP contribution in [0.2, 0.25) is 0 Å². The molecule has 0 bridgehead atoms. The van der Waals surface area contributed by atoms with E-state index in [1.54, 1.807) is 12.1 Å². The first-order valence-corrected chi connectivity index (χ1v) is 5.81. The van der Waals surface area contributed by atoms with Gasteiger partial charge >= 0.3 is 0 Å². The van der Waals surface area contributed by atoms with Gasteiger partial charge in [0.05, 0.1) is 6.61 Å². The zero-order chi connectivity index (χ0) is 11.8. The van der Waals surface area contributed by atoms with Gasteiger partial charge in [-0.05, 0) is 31.2 Å². The van der Waals surface area contributed by atoms with Gasteiger partial charge in [-0.1, -0.05) is 19.1 Å². The third kappa shape index (κ3) is 4.29. The number of rotatable bonds is 7. The fraction of sp³-hybridized carbons (Fsp3) is 0.538. The van der Waals surface area contributed by atoms with Gasteiger partial charge in [0.1, 0.15) is 5.82 Å². The van der Waals surface area contributed by atoms with Crippen LogP contribution in [0.1, 0.15) is 25.3 Å². The van der Waals surface area contributed by atoms with E-state index in [1.165, 1.54) is 6.07 Å². The maximum atomic E-state index is 13.1. The molecule has 0 saturated heterocycles. The molecule has 0 aliphatic rings. The Hall–Kier alpha value is -0.930. The lowest BCUT2D eigenvalue weighted by atomic mass is 10.00. The van der Waals surface area contributed by atoms with Gasteiger partial charge in [0.15, 0.2) is 0 Å². The minimum Gasteiger partial charge on any atom is -0.381 e. The molecule has 0 amide bonds. The van der Waals surface area contributed by atoms with Gasteiger partial charge in [0.2, 0.25) is 0 Å². The van der Waals surface area contributed by atoms with Crippen molar-refractivity contribution >= 4 is 0 Å². The van der Waals surface area contributed by atoms with Gasteiger partial charge < -0.3 is 10.1 Å². The molecule has 0 fully saturated rings. The summed E-state index contributed by atoms with van der Waals surface area (Å²) in [6, 6.07) is 6.75. The summed E-state index contributed by atoms with van der Waals surface area (Å²) in [6.07, 6.45) is 0. The van der Waals surface area contributed by atoms with Crippen LogP contribution in [0.5, 0.6) is 0 Å². The van der Waals surface area contributed by atoms with Crippen molar-refractivity contribution in [3.8, 4) is 0 Å². The molecule has 1 aromatic carbocycles. The van der Waals surface area contributed by atoms with Crippen molar-refractivity contribution in [3.05, 3.63) is 35.6 Å². The molecule has 0 saturated carbocycles. The molecule has 1 unspecified atom stereocenters. The van der Waals surface area contributed by atoms with Gasteiger partial charge in [-0.2, -0.15) is 0 Å². The van der Waals surface area contributed by atoms with Crippen LogP contribution in [-0.2, 0) is 4.74 Å². The number of nitrogens with one attached hydrogen (secondary N) is 1. The van der Waals surface area contributed by atoms with Crippen molar-refractivity contribution in [2.24, 2.45) is 0 Å². The standard InChI is InChI=1S/C13H20FNO/c1-3-15-9-12(10-16-4-2)11-6-5-7-13(14)8-11/h5-8,12,15H,3-4,9-10H2,1-2H3. The summed E-state index contributed by atoms with van der Waals surface area (Å²) < 4.78 is 18.5. The second kappa shape index (κ2) is 7.36. The molecular weight excluding hydrogens is 205 g/mol. The Bertz CT molecular complexity index is 296. The first-order valence-electron chi connectivity index (χ1n) is 5.81. The maximum absolute atomic E-state index is 13.1. The maximum Gasteiger partial charge on any atom is 0.123 e. The zero-order valence-corrected chi connectivity index (χ0v) is 10.0. The monoisotopic (exact) mass is 225 g/mol. The molecule has 1 N–H and O–H groups in total. The van der Waals surface area contributed by atoms with E-state index in [-0.39, 0.29) is 11.7 Å². The zero-order valence-electron chi connectivity index (χ0n) is 10.0. The number of likely N-dealkylation sites (N-methyl/N-ethyl adjacent to an activating group) is 1. The van der Waals surface area contributed by atoms with E-state index in [1.807, 2.05) is 13.0 Å². The molecule has 1 rings (SSSR count). The molecule has 16 heavy (non-hydrogen) atoms. The van der Waals surface area contributed by atoms with E-state index < -0.39 is 0 Å². The Kier molecular flexibility index (Phi) is 6.04. The highest BCUT2D eigenvalue weighted by atomic mass is 19.1. The van der Waals surface area contributed by atoms with E-state index in [9.17, 15) is 4.39 Å². The fourth-order valence-electron chi connectivity index (χ4n) is 1.61. The summed E-state index contributed by atoms with van der Waals surface area (Å²) in [4.78, 5) is 0. The van der Waals surface area contributed by atoms with Gasteiger partial charge in [-0.3, -0.25) is 0 Å².